The number of rotatable bonds is 5. The maximum Gasteiger partial charge on any atom is 0.220 e. The highest BCUT2D eigenvalue weighted by molar-refractivity contribution is 5.76. The Hall–Kier alpha value is -1.49. The highest BCUT2D eigenvalue weighted by atomic mass is 19.1. The van der Waals surface area contributed by atoms with Crippen molar-refractivity contribution < 1.29 is 18.7 Å². The Morgan fingerprint density at radius 1 is 1.33 bits per heavy atom. The topological polar surface area (TPSA) is 49.3 Å². The molecule has 1 rings (SSSR count). The number of benzene rings is 1. The molecule has 0 spiro atoms. The summed E-state index contributed by atoms with van der Waals surface area (Å²) in [6.45, 7) is 3.56. The van der Waals surface area contributed by atoms with Crippen molar-refractivity contribution in [2.45, 2.75) is 26.4 Å². The summed E-state index contributed by atoms with van der Waals surface area (Å²) in [6.07, 6.45) is -1.07. The van der Waals surface area contributed by atoms with E-state index in [-0.39, 0.29) is 18.4 Å². The molecule has 0 aliphatic heterocycles. The van der Waals surface area contributed by atoms with Crippen molar-refractivity contribution in [1.29, 1.82) is 0 Å². The summed E-state index contributed by atoms with van der Waals surface area (Å²) >= 11 is 0. The van der Waals surface area contributed by atoms with Gasteiger partial charge in [-0.15, -0.1) is 0 Å². The molecule has 1 aromatic carbocycles. The minimum absolute atomic E-state index is 0.187. The van der Waals surface area contributed by atoms with Gasteiger partial charge >= 0.3 is 0 Å². The van der Waals surface area contributed by atoms with Crippen molar-refractivity contribution in [2.24, 2.45) is 5.92 Å². The smallest absolute Gasteiger partial charge is 0.220 e. The molecule has 0 fully saturated rings. The SMILES string of the molecule is CC(C)CC(=O)NC[C@@H](O)c1c(F)cccc1F. The number of hydrogen-bond donors (Lipinski definition) is 2. The predicted molar refractivity (Wildman–Crippen MR) is 63.8 cm³/mol. The Bertz CT molecular complexity index is 401. The molecular formula is C13H17F2NO2. The van der Waals surface area contributed by atoms with Gasteiger partial charge in [-0.1, -0.05) is 19.9 Å². The van der Waals surface area contributed by atoms with Crippen molar-refractivity contribution in [3.63, 3.8) is 0 Å². The third kappa shape index (κ3) is 4.07. The fourth-order valence-electron chi connectivity index (χ4n) is 1.58. The first-order valence-electron chi connectivity index (χ1n) is 5.80. The molecule has 1 atom stereocenters. The zero-order valence-electron chi connectivity index (χ0n) is 10.4. The minimum atomic E-state index is -1.39. The molecule has 5 heteroatoms. The van der Waals surface area contributed by atoms with Gasteiger partial charge in [-0.05, 0) is 18.1 Å². The lowest BCUT2D eigenvalue weighted by atomic mass is 10.1. The Morgan fingerprint density at radius 3 is 2.39 bits per heavy atom. The molecule has 1 aromatic rings. The zero-order valence-corrected chi connectivity index (χ0v) is 10.4. The van der Waals surface area contributed by atoms with Crippen LogP contribution in [0.15, 0.2) is 18.2 Å². The monoisotopic (exact) mass is 257 g/mol. The fraction of sp³-hybridized carbons (Fsp3) is 0.462. The van der Waals surface area contributed by atoms with Crippen LogP contribution in [0.25, 0.3) is 0 Å². The highest BCUT2D eigenvalue weighted by Crippen LogP contribution is 2.19. The quantitative estimate of drug-likeness (QED) is 0.849. The van der Waals surface area contributed by atoms with Crippen LogP contribution in [-0.2, 0) is 4.79 Å². The van der Waals surface area contributed by atoms with Crippen LogP contribution in [-0.4, -0.2) is 17.6 Å². The Kier molecular flexibility index (Phi) is 5.22. The summed E-state index contributed by atoms with van der Waals surface area (Å²) in [5.74, 6) is -1.70. The summed E-state index contributed by atoms with van der Waals surface area (Å²) in [7, 11) is 0. The second kappa shape index (κ2) is 6.44. The van der Waals surface area contributed by atoms with E-state index in [1.165, 1.54) is 6.07 Å². The maximum absolute atomic E-state index is 13.3. The van der Waals surface area contributed by atoms with Gasteiger partial charge in [-0.3, -0.25) is 4.79 Å². The van der Waals surface area contributed by atoms with Gasteiger partial charge in [0.1, 0.15) is 17.7 Å². The average Bonchev–Trinajstić information content (AvgIpc) is 2.25. The second-order valence-corrected chi connectivity index (χ2v) is 4.55. The molecule has 18 heavy (non-hydrogen) atoms. The number of halogens is 2. The van der Waals surface area contributed by atoms with Crippen molar-refractivity contribution in [3.05, 3.63) is 35.4 Å². The normalized spacial score (nSPS) is 12.6. The van der Waals surface area contributed by atoms with Gasteiger partial charge in [0.2, 0.25) is 5.91 Å². The molecule has 0 radical (unpaired) electrons. The van der Waals surface area contributed by atoms with E-state index in [0.29, 0.717) is 6.42 Å². The summed E-state index contributed by atoms with van der Waals surface area (Å²) in [4.78, 5) is 11.3. The molecule has 0 aromatic heterocycles. The Labute approximate surface area is 105 Å². The molecule has 0 aliphatic rings. The molecule has 0 saturated heterocycles. The van der Waals surface area contributed by atoms with Crippen LogP contribution in [0.2, 0.25) is 0 Å². The van der Waals surface area contributed by atoms with E-state index < -0.39 is 23.3 Å². The van der Waals surface area contributed by atoms with Crippen LogP contribution in [0, 0.1) is 17.6 Å². The third-order valence-electron chi connectivity index (χ3n) is 2.42. The van der Waals surface area contributed by atoms with E-state index in [1.54, 1.807) is 0 Å². The molecule has 0 saturated carbocycles. The van der Waals surface area contributed by atoms with Crippen molar-refractivity contribution in [2.75, 3.05) is 6.54 Å². The van der Waals surface area contributed by atoms with Crippen molar-refractivity contribution in [1.82, 2.24) is 5.32 Å². The minimum Gasteiger partial charge on any atom is -0.386 e. The number of amides is 1. The predicted octanol–water partition coefficient (Wildman–Crippen LogP) is 2.16. The van der Waals surface area contributed by atoms with Crippen LogP contribution >= 0.6 is 0 Å². The number of carbonyl (C=O) groups is 1. The van der Waals surface area contributed by atoms with Gasteiger partial charge in [0.25, 0.3) is 0 Å². The first kappa shape index (κ1) is 14.6. The van der Waals surface area contributed by atoms with Gasteiger partial charge in [-0.25, -0.2) is 8.78 Å². The second-order valence-electron chi connectivity index (χ2n) is 4.55. The maximum atomic E-state index is 13.3. The Morgan fingerprint density at radius 2 is 1.89 bits per heavy atom. The van der Waals surface area contributed by atoms with Crippen molar-refractivity contribution in [3.8, 4) is 0 Å². The van der Waals surface area contributed by atoms with Gasteiger partial charge in [0, 0.05) is 13.0 Å². The lowest BCUT2D eigenvalue weighted by Crippen LogP contribution is -2.29. The van der Waals surface area contributed by atoms with E-state index in [2.05, 4.69) is 5.32 Å². The van der Waals surface area contributed by atoms with E-state index in [1.807, 2.05) is 13.8 Å². The number of carbonyl (C=O) groups excluding carboxylic acids is 1. The van der Waals surface area contributed by atoms with E-state index in [4.69, 9.17) is 0 Å². The number of aliphatic hydroxyl groups excluding tert-OH is 1. The average molecular weight is 257 g/mol. The van der Waals surface area contributed by atoms with Gasteiger partial charge in [0.05, 0.1) is 5.56 Å². The standard InChI is InChI=1S/C13H17F2NO2/c1-8(2)6-12(18)16-7-11(17)13-9(14)4-3-5-10(13)15/h3-5,8,11,17H,6-7H2,1-2H3,(H,16,18)/t11-/m1/s1. The van der Waals surface area contributed by atoms with Crippen LogP contribution in [0.4, 0.5) is 8.78 Å². The first-order chi connectivity index (χ1) is 8.41. The summed E-state index contributed by atoms with van der Waals surface area (Å²) in [5.41, 5.74) is -0.414. The van der Waals surface area contributed by atoms with Crippen LogP contribution in [0.5, 0.6) is 0 Å². The molecule has 2 N–H and O–H groups in total. The zero-order chi connectivity index (χ0) is 13.7. The number of hydrogen-bond acceptors (Lipinski definition) is 2. The van der Waals surface area contributed by atoms with E-state index in [9.17, 15) is 18.7 Å². The summed E-state index contributed by atoms with van der Waals surface area (Å²) in [6, 6.07) is 3.35. The molecule has 100 valence electrons. The van der Waals surface area contributed by atoms with E-state index in [0.717, 1.165) is 12.1 Å². The van der Waals surface area contributed by atoms with Crippen molar-refractivity contribution >= 4 is 5.91 Å². The van der Waals surface area contributed by atoms with Gasteiger partial charge < -0.3 is 10.4 Å². The van der Waals surface area contributed by atoms with Crippen LogP contribution < -0.4 is 5.32 Å². The first-order valence-corrected chi connectivity index (χ1v) is 5.80. The molecule has 0 aliphatic carbocycles. The van der Waals surface area contributed by atoms with E-state index >= 15 is 0 Å². The summed E-state index contributed by atoms with van der Waals surface area (Å²) in [5, 5.41) is 12.1. The lowest BCUT2D eigenvalue weighted by Gasteiger charge is -2.14. The fourth-order valence-corrected chi connectivity index (χ4v) is 1.58. The van der Waals surface area contributed by atoms with Crippen LogP contribution in [0.1, 0.15) is 31.9 Å². The third-order valence-corrected chi connectivity index (χ3v) is 2.42. The van der Waals surface area contributed by atoms with Gasteiger partial charge in [0.15, 0.2) is 0 Å². The lowest BCUT2D eigenvalue weighted by molar-refractivity contribution is -0.122. The number of aliphatic hydroxyl groups is 1. The molecule has 0 unspecified atom stereocenters. The number of nitrogens with one attached hydrogen (secondary N) is 1. The summed E-state index contributed by atoms with van der Waals surface area (Å²) < 4.78 is 26.6. The Balaban J connectivity index is 2.61. The molecule has 0 heterocycles. The molecule has 1 amide bonds. The van der Waals surface area contributed by atoms with Crippen LogP contribution in [0.3, 0.4) is 0 Å². The molecule has 3 nitrogen and oxygen atoms in total. The van der Waals surface area contributed by atoms with Gasteiger partial charge in [-0.2, -0.15) is 0 Å². The molecular weight excluding hydrogens is 240 g/mol. The molecule has 0 bridgehead atoms. The highest BCUT2D eigenvalue weighted by Gasteiger charge is 2.18. The largest absolute Gasteiger partial charge is 0.386 e.